The molecule has 0 aliphatic rings. The molecule has 0 amide bonds. The molecule has 0 saturated carbocycles. The molecule has 0 aliphatic heterocycles. The van der Waals surface area contributed by atoms with E-state index in [0.717, 1.165) is 5.56 Å². The van der Waals surface area contributed by atoms with Crippen molar-refractivity contribution >= 4 is 5.78 Å². The lowest BCUT2D eigenvalue weighted by atomic mass is 10.0. The van der Waals surface area contributed by atoms with Crippen LogP contribution >= 0.6 is 0 Å². The summed E-state index contributed by atoms with van der Waals surface area (Å²) in [5.41, 5.74) is 1.16. The zero-order chi connectivity index (χ0) is 12.1. The SMILES string of the molecule is O=C(Cc1ccccc1)c1ccccc1OF. The molecular weight excluding hydrogens is 219 g/mol. The smallest absolute Gasteiger partial charge is 0.182 e. The molecule has 2 aromatic rings. The molecule has 86 valence electrons. The fourth-order valence-corrected chi connectivity index (χ4v) is 1.64. The molecular formula is C14H11FO2. The van der Waals surface area contributed by atoms with Crippen LogP contribution in [0.15, 0.2) is 54.6 Å². The van der Waals surface area contributed by atoms with Gasteiger partial charge in [0, 0.05) is 10.9 Å². The van der Waals surface area contributed by atoms with E-state index >= 15 is 0 Å². The average Bonchev–Trinajstić information content (AvgIpc) is 2.40. The fraction of sp³-hybridized carbons (Fsp3) is 0.0714. The largest absolute Gasteiger partial charge is 0.294 e. The molecule has 0 radical (unpaired) electrons. The van der Waals surface area contributed by atoms with E-state index in [1.807, 2.05) is 30.3 Å². The van der Waals surface area contributed by atoms with E-state index in [1.165, 1.54) is 6.07 Å². The van der Waals surface area contributed by atoms with Crippen LogP contribution in [0.3, 0.4) is 0 Å². The van der Waals surface area contributed by atoms with Gasteiger partial charge in [-0.05, 0) is 17.7 Å². The number of benzene rings is 2. The Morgan fingerprint density at radius 2 is 1.65 bits per heavy atom. The van der Waals surface area contributed by atoms with E-state index in [2.05, 4.69) is 4.94 Å². The van der Waals surface area contributed by atoms with E-state index in [0.29, 0.717) is 0 Å². The third kappa shape index (κ3) is 2.69. The van der Waals surface area contributed by atoms with Crippen LogP contribution in [-0.4, -0.2) is 5.78 Å². The van der Waals surface area contributed by atoms with Crippen molar-refractivity contribution < 1.29 is 14.3 Å². The van der Waals surface area contributed by atoms with Gasteiger partial charge in [0.15, 0.2) is 11.5 Å². The highest BCUT2D eigenvalue weighted by Gasteiger charge is 2.12. The molecule has 3 heteroatoms. The number of carbonyl (C=O) groups excluding carboxylic acids is 1. The molecule has 0 heterocycles. The first-order chi connectivity index (χ1) is 8.31. The van der Waals surface area contributed by atoms with E-state index < -0.39 is 0 Å². The lowest BCUT2D eigenvalue weighted by Crippen LogP contribution is -2.04. The van der Waals surface area contributed by atoms with Gasteiger partial charge in [-0.1, -0.05) is 42.5 Å². The molecule has 0 unspecified atom stereocenters. The van der Waals surface area contributed by atoms with Crippen molar-refractivity contribution in [1.29, 1.82) is 0 Å². The Bertz CT molecular complexity index is 509. The second kappa shape index (κ2) is 5.25. The van der Waals surface area contributed by atoms with E-state index in [-0.39, 0.29) is 23.5 Å². The molecule has 0 N–H and O–H groups in total. The Hall–Kier alpha value is -2.16. The summed E-state index contributed by atoms with van der Waals surface area (Å²) in [6.07, 6.45) is 0.237. The highest BCUT2D eigenvalue weighted by atomic mass is 19.3. The highest BCUT2D eigenvalue weighted by Crippen LogP contribution is 2.20. The molecule has 2 rings (SSSR count). The number of rotatable bonds is 4. The number of ketones is 1. The zero-order valence-corrected chi connectivity index (χ0v) is 9.10. The predicted octanol–water partition coefficient (Wildman–Crippen LogP) is 3.38. The van der Waals surface area contributed by atoms with Gasteiger partial charge in [-0.25, -0.2) is 0 Å². The number of Topliss-reactive ketones (excluding diaryl/α,β-unsaturated/α-hetero) is 1. The van der Waals surface area contributed by atoms with E-state index in [1.54, 1.807) is 18.2 Å². The summed E-state index contributed by atoms with van der Waals surface area (Å²) in [7, 11) is 0. The topological polar surface area (TPSA) is 26.3 Å². The lowest BCUT2D eigenvalue weighted by Gasteiger charge is -2.04. The summed E-state index contributed by atoms with van der Waals surface area (Å²) in [4.78, 5) is 15.6. The molecule has 17 heavy (non-hydrogen) atoms. The van der Waals surface area contributed by atoms with Crippen LogP contribution < -0.4 is 4.94 Å². The molecule has 0 bridgehead atoms. The Morgan fingerprint density at radius 3 is 2.35 bits per heavy atom. The second-order valence-electron chi connectivity index (χ2n) is 3.66. The summed E-state index contributed by atoms with van der Waals surface area (Å²) in [5.74, 6) is -0.196. The van der Waals surface area contributed by atoms with Crippen LogP contribution in [0.4, 0.5) is 4.53 Å². The first kappa shape index (κ1) is 11.3. The normalized spacial score (nSPS) is 9.94. The second-order valence-corrected chi connectivity index (χ2v) is 3.66. The standard InChI is InChI=1S/C14H11FO2/c15-17-14-9-5-4-8-12(14)13(16)10-11-6-2-1-3-7-11/h1-9H,10H2. The zero-order valence-electron chi connectivity index (χ0n) is 9.10. The van der Waals surface area contributed by atoms with Crippen molar-refractivity contribution in [3.63, 3.8) is 0 Å². The summed E-state index contributed by atoms with van der Waals surface area (Å²) < 4.78 is 12.2. The minimum atomic E-state index is -0.163. The number of hydrogen-bond donors (Lipinski definition) is 0. The van der Waals surface area contributed by atoms with Gasteiger partial charge in [0.05, 0.1) is 5.56 Å². The van der Waals surface area contributed by atoms with Crippen LogP contribution in [0.2, 0.25) is 0 Å². The van der Waals surface area contributed by atoms with Gasteiger partial charge in [-0.15, -0.1) is 0 Å². The van der Waals surface area contributed by atoms with Crippen molar-refractivity contribution in [2.45, 2.75) is 6.42 Å². The van der Waals surface area contributed by atoms with Crippen molar-refractivity contribution in [3.8, 4) is 5.75 Å². The maximum atomic E-state index is 12.2. The summed E-state index contributed by atoms with van der Waals surface area (Å²) in [5, 5.41) is 0. The number of hydrogen-bond acceptors (Lipinski definition) is 2. The minimum Gasteiger partial charge on any atom is -0.294 e. The first-order valence-corrected chi connectivity index (χ1v) is 5.26. The van der Waals surface area contributed by atoms with E-state index in [9.17, 15) is 9.32 Å². The Balaban J connectivity index is 2.20. The van der Waals surface area contributed by atoms with Gasteiger partial charge in [-0.3, -0.25) is 9.74 Å². The molecule has 0 aliphatic carbocycles. The summed E-state index contributed by atoms with van der Waals surface area (Å²) in [6.45, 7) is 0. The molecule has 0 aromatic heterocycles. The van der Waals surface area contributed by atoms with Gasteiger partial charge in [0.25, 0.3) is 0 Å². The minimum absolute atomic E-state index is 0.0339. The number of carbonyl (C=O) groups is 1. The van der Waals surface area contributed by atoms with Crippen LogP contribution in [0.25, 0.3) is 0 Å². The van der Waals surface area contributed by atoms with Crippen molar-refractivity contribution in [1.82, 2.24) is 0 Å². The maximum absolute atomic E-state index is 12.2. The summed E-state index contributed by atoms with van der Waals surface area (Å²) >= 11 is 0. The Labute approximate surface area is 98.6 Å². The van der Waals surface area contributed by atoms with Gasteiger partial charge in [-0.2, -0.15) is 0 Å². The predicted molar refractivity (Wildman–Crippen MR) is 62.7 cm³/mol. The van der Waals surface area contributed by atoms with Crippen molar-refractivity contribution in [2.75, 3.05) is 0 Å². The van der Waals surface area contributed by atoms with Gasteiger partial charge in [0.1, 0.15) is 0 Å². The van der Waals surface area contributed by atoms with Gasteiger partial charge >= 0.3 is 0 Å². The van der Waals surface area contributed by atoms with Crippen LogP contribution in [0, 0.1) is 0 Å². The highest BCUT2D eigenvalue weighted by molar-refractivity contribution is 5.99. The van der Waals surface area contributed by atoms with Crippen LogP contribution in [0.1, 0.15) is 15.9 Å². The van der Waals surface area contributed by atoms with Crippen LogP contribution in [-0.2, 0) is 6.42 Å². The third-order valence-electron chi connectivity index (χ3n) is 2.48. The van der Waals surface area contributed by atoms with Gasteiger partial charge in [0.2, 0.25) is 0 Å². The third-order valence-corrected chi connectivity index (χ3v) is 2.48. The number of halogens is 1. The Kier molecular flexibility index (Phi) is 3.50. The van der Waals surface area contributed by atoms with Gasteiger partial charge < -0.3 is 0 Å². The molecule has 2 nitrogen and oxygen atoms in total. The lowest BCUT2D eigenvalue weighted by molar-refractivity contribution is -0.00707. The molecule has 0 spiro atoms. The molecule has 2 aromatic carbocycles. The molecule has 0 fully saturated rings. The van der Waals surface area contributed by atoms with Crippen molar-refractivity contribution in [3.05, 3.63) is 65.7 Å². The first-order valence-electron chi connectivity index (χ1n) is 5.26. The maximum Gasteiger partial charge on any atom is 0.182 e. The monoisotopic (exact) mass is 230 g/mol. The fourth-order valence-electron chi connectivity index (χ4n) is 1.64. The molecule has 0 atom stereocenters. The quantitative estimate of drug-likeness (QED) is 0.753. The van der Waals surface area contributed by atoms with Crippen LogP contribution in [0.5, 0.6) is 5.75 Å². The van der Waals surface area contributed by atoms with Crippen molar-refractivity contribution in [2.24, 2.45) is 0 Å². The van der Waals surface area contributed by atoms with E-state index in [4.69, 9.17) is 0 Å². The average molecular weight is 230 g/mol. The molecule has 0 saturated heterocycles. The number of para-hydroxylation sites is 1. The Morgan fingerprint density at radius 1 is 1.00 bits per heavy atom. The summed E-state index contributed by atoms with van der Waals surface area (Å²) in [6, 6.07) is 15.6.